The monoisotopic (exact) mass is 390 g/mol. The molecule has 0 radical (unpaired) electrons. The van der Waals surface area contributed by atoms with Crippen molar-refractivity contribution in [3.8, 4) is 0 Å². The summed E-state index contributed by atoms with van der Waals surface area (Å²) in [5.41, 5.74) is 1.81. The van der Waals surface area contributed by atoms with Crippen molar-refractivity contribution in [2.75, 3.05) is 20.1 Å². The van der Waals surface area contributed by atoms with Crippen LogP contribution in [0, 0.1) is 0 Å². The Hall–Kier alpha value is -2.94. The van der Waals surface area contributed by atoms with E-state index in [0.717, 1.165) is 5.01 Å². The van der Waals surface area contributed by atoms with Gasteiger partial charge in [-0.15, -0.1) is 0 Å². The average Bonchev–Trinajstić information content (AvgIpc) is 2.86. The van der Waals surface area contributed by atoms with E-state index in [1.54, 1.807) is 38.2 Å². The van der Waals surface area contributed by atoms with Gasteiger partial charge in [-0.05, 0) is 25.8 Å². The topological polar surface area (TPSA) is 112 Å². The standard InChI is InChI=1S/C19H27N5O4/c1-5-19(14-9-7-6-8-10-14)17(27)24(18(28)21-19)22-16(26)12-23(4)11-15(25)20-13(2)3/h6-10,13H,5,11-12H2,1-4H3,(H,20,25)(H,21,28)(H,22,26)/p+1/t19-/m0/s1. The van der Waals surface area contributed by atoms with Crippen molar-refractivity contribution in [3.05, 3.63) is 35.9 Å². The number of hydrazine groups is 1. The number of urea groups is 1. The summed E-state index contributed by atoms with van der Waals surface area (Å²) in [6.45, 7) is 5.54. The van der Waals surface area contributed by atoms with Crippen molar-refractivity contribution in [2.45, 2.75) is 38.8 Å². The van der Waals surface area contributed by atoms with Crippen LogP contribution in [0.3, 0.4) is 0 Å². The molecule has 0 spiro atoms. The Bertz CT molecular complexity index is 752. The average molecular weight is 390 g/mol. The van der Waals surface area contributed by atoms with E-state index >= 15 is 0 Å². The Morgan fingerprint density at radius 3 is 2.32 bits per heavy atom. The third kappa shape index (κ3) is 4.66. The van der Waals surface area contributed by atoms with Crippen molar-refractivity contribution >= 4 is 23.8 Å². The Balaban J connectivity index is 2.02. The number of amides is 5. The van der Waals surface area contributed by atoms with Gasteiger partial charge in [-0.25, -0.2) is 4.79 Å². The fraction of sp³-hybridized carbons (Fsp3) is 0.474. The van der Waals surface area contributed by atoms with E-state index in [-0.39, 0.29) is 25.0 Å². The highest BCUT2D eigenvalue weighted by Crippen LogP contribution is 2.31. The van der Waals surface area contributed by atoms with Gasteiger partial charge in [-0.1, -0.05) is 37.3 Å². The minimum Gasteiger partial charge on any atom is -0.349 e. The van der Waals surface area contributed by atoms with Gasteiger partial charge < -0.3 is 15.5 Å². The summed E-state index contributed by atoms with van der Waals surface area (Å²) in [4.78, 5) is 50.0. The Kier molecular flexibility index (Phi) is 6.74. The molecule has 9 heteroatoms. The molecule has 1 heterocycles. The fourth-order valence-corrected chi connectivity index (χ4v) is 3.19. The minimum absolute atomic E-state index is 0.0141. The number of rotatable bonds is 8. The summed E-state index contributed by atoms with van der Waals surface area (Å²) in [6.07, 6.45) is 0.342. The summed E-state index contributed by atoms with van der Waals surface area (Å²) >= 11 is 0. The van der Waals surface area contributed by atoms with Crippen molar-refractivity contribution in [1.29, 1.82) is 0 Å². The van der Waals surface area contributed by atoms with E-state index in [4.69, 9.17) is 0 Å². The Morgan fingerprint density at radius 1 is 1.14 bits per heavy atom. The van der Waals surface area contributed by atoms with Gasteiger partial charge in [0.1, 0.15) is 5.54 Å². The molecule has 1 unspecified atom stereocenters. The quantitative estimate of drug-likeness (QED) is 0.423. The molecule has 2 rings (SSSR count). The lowest BCUT2D eigenvalue weighted by molar-refractivity contribution is -0.862. The number of quaternary nitrogens is 1. The third-order valence-electron chi connectivity index (χ3n) is 4.50. The second kappa shape index (κ2) is 8.83. The molecule has 0 saturated carbocycles. The maximum atomic E-state index is 12.9. The number of carbonyl (C=O) groups excluding carboxylic acids is 4. The first-order chi connectivity index (χ1) is 13.2. The molecule has 1 aromatic rings. The third-order valence-corrected chi connectivity index (χ3v) is 4.50. The molecule has 4 N–H and O–H groups in total. The van der Waals surface area contributed by atoms with Gasteiger partial charge in [-0.3, -0.25) is 19.8 Å². The summed E-state index contributed by atoms with van der Waals surface area (Å²) in [5.74, 6) is -1.24. The van der Waals surface area contributed by atoms with E-state index in [2.05, 4.69) is 16.1 Å². The summed E-state index contributed by atoms with van der Waals surface area (Å²) in [6, 6.07) is 8.25. The van der Waals surface area contributed by atoms with Crippen LogP contribution in [-0.4, -0.2) is 54.9 Å². The molecule has 9 nitrogen and oxygen atoms in total. The smallest absolute Gasteiger partial charge is 0.344 e. The van der Waals surface area contributed by atoms with E-state index in [1.165, 1.54) is 0 Å². The highest BCUT2D eigenvalue weighted by atomic mass is 16.2. The number of hydrogen-bond acceptors (Lipinski definition) is 4. The molecule has 1 fully saturated rings. The van der Waals surface area contributed by atoms with Gasteiger partial charge in [0.2, 0.25) is 0 Å². The number of benzene rings is 1. The largest absolute Gasteiger partial charge is 0.349 e. The first-order valence-electron chi connectivity index (χ1n) is 9.32. The second-order valence-corrected chi connectivity index (χ2v) is 7.26. The lowest BCUT2D eigenvalue weighted by Gasteiger charge is -2.25. The zero-order valence-electron chi connectivity index (χ0n) is 16.7. The molecule has 1 saturated heterocycles. The summed E-state index contributed by atoms with van der Waals surface area (Å²) in [5, 5.41) is 6.17. The molecular formula is C19H28N5O4+. The van der Waals surface area contributed by atoms with Crippen LogP contribution >= 0.6 is 0 Å². The van der Waals surface area contributed by atoms with Crippen LogP contribution in [0.15, 0.2) is 30.3 Å². The van der Waals surface area contributed by atoms with Gasteiger partial charge in [-0.2, -0.15) is 5.01 Å². The lowest BCUT2D eigenvalue weighted by atomic mass is 9.87. The van der Waals surface area contributed by atoms with Gasteiger partial charge in [0.05, 0.1) is 7.05 Å². The fourth-order valence-electron chi connectivity index (χ4n) is 3.19. The number of imide groups is 1. The number of nitrogens with one attached hydrogen (secondary N) is 4. The van der Waals surface area contributed by atoms with Gasteiger partial charge in [0.15, 0.2) is 13.1 Å². The molecule has 2 atom stereocenters. The number of hydrogen-bond donors (Lipinski definition) is 4. The van der Waals surface area contributed by atoms with E-state index in [9.17, 15) is 19.2 Å². The molecule has 28 heavy (non-hydrogen) atoms. The van der Waals surface area contributed by atoms with Gasteiger partial charge in [0.25, 0.3) is 17.7 Å². The normalized spacial score (nSPS) is 20.1. The van der Waals surface area contributed by atoms with E-state index < -0.39 is 23.4 Å². The van der Waals surface area contributed by atoms with Crippen LogP contribution in [0.5, 0.6) is 0 Å². The molecule has 0 aliphatic carbocycles. The minimum atomic E-state index is -1.21. The predicted molar refractivity (Wildman–Crippen MR) is 102 cm³/mol. The van der Waals surface area contributed by atoms with Crippen molar-refractivity contribution < 1.29 is 24.1 Å². The SMILES string of the molecule is CC[C@@]1(c2ccccc2)NC(=O)N(NC(=O)C[NH+](C)CC(=O)NC(C)C)C1=O. The molecule has 0 bridgehead atoms. The van der Waals surface area contributed by atoms with Crippen LogP contribution < -0.4 is 21.0 Å². The zero-order chi connectivity index (χ0) is 20.9. The maximum absolute atomic E-state index is 12.9. The first kappa shape index (κ1) is 21.4. The lowest BCUT2D eigenvalue weighted by Crippen LogP contribution is -3.11. The van der Waals surface area contributed by atoms with Crippen LogP contribution in [0.25, 0.3) is 0 Å². The molecular weight excluding hydrogens is 362 g/mol. The summed E-state index contributed by atoms with van der Waals surface area (Å²) in [7, 11) is 1.69. The second-order valence-electron chi connectivity index (χ2n) is 7.26. The molecule has 1 aliphatic heterocycles. The van der Waals surface area contributed by atoms with Crippen LogP contribution in [0.4, 0.5) is 4.79 Å². The molecule has 1 aromatic carbocycles. The van der Waals surface area contributed by atoms with Crippen molar-refractivity contribution in [1.82, 2.24) is 21.1 Å². The molecule has 5 amide bonds. The summed E-state index contributed by atoms with van der Waals surface area (Å²) < 4.78 is 0. The number of likely N-dealkylation sites (N-methyl/N-ethyl adjacent to an activating group) is 1. The van der Waals surface area contributed by atoms with Crippen molar-refractivity contribution in [2.24, 2.45) is 0 Å². The van der Waals surface area contributed by atoms with Crippen LogP contribution in [0.2, 0.25) is 0 Å². The van der Waals surface area contributed by atoms with E-state index in [1.807, 2.05) is 19.9 Å². The van der Waals surface area contributed by atoms with Crippen LogP contribution in [0.1, 0.15) is 32.8 Å². The first-order valence-corrected chi connectivity index (χ1v) is 9.32. The van der Waals surface area contributed by atoms with Crippen LogP contribution in [-0.2, 0) is 19.9 Å². The van der Waals surface area contributed by atoms with Crippen molar-refractivity contribution in [3.63, 3.8) is 0 Å². The zero-order valence-corrected chi connectivity index (χ0v) is 16.7. The number of carbonyl (C=O) groups is 4. The molecule has 1 aliphatic rings. The van der Waals surface area contributed by atoms with Gasteiger partial charge in [0, 0.05) is 6.04 Å². The molecule has 152 valence electrons. The predicted octanol–water partition coefficient (Wildman–Crippen LogP) is -1.09. The Labute approximate surface area is 164 Å². The Morgan fingerprint density at radius 2 is 1.75 bits per heavy atom. The number of nitrogens with zero attached hydrogens (tertiary/aromatic N) is 1. The highest BCUT2D eigenvalue weighted by Gasteiger charge is 2.52. The van der Waals surface area contributed by atoms with E-state index in [0.29, 0.717) is 16.9 Å². The molecule has 0 aromatic heterocycles. The maximum Gasteiger partial charge on any atom is 0.344 e. The highest BCUT2D eigenvalue weighted by molar-refractivity contribution is 6.08. The van der Waals surface area contributed by atoms with Gasteiger partial charge >= 0.3 is 6.03 Å².